The minimum Gasteiger partial charge on any atom is -0.456 e. The molecule has 63 heavy (non-hydrogen) atoms. The van der Waals surface area contributed by atoms with Crippen molar-refractivity contribution < 1.29 is 4.42 Å². The largest absolute Gasteiger partial charge is 0.456 e. The summed E-state index contributed by atoms with van der Waals surface area (Å²) in [5, 5.41) is 4.79. The van der Waals surface area contributed by atoms with Crippen molar-refractivity contribution in [2.45, 2.75) is 5.41 Å². The molecule has 4 heteroatoms. The van der Waals surface area contributed by atoms with Crippen molar-refractivity contribution in [3.63, 3.8) is 0 Å². The molecule has 1 spiro atoms. The summed E-state index contributed by atoms with van der Waals surface area (Å²) in [4.78, 5) is 10.4. The highest BCUT2D eigenvalue weighted by Gasteiger charge is 2.51. The predicted molar refractivity (Wildman–Crippen MR) is 256 cm³/mol. The molecule has 3 aromatic heterocycles. The Hall–Kier alpha value is -8.34. The molecule has 1 atom stereocenters. The highest BCUT2D eigenvalue weighted by Crippen LogP contribution is 2.62. The molecular formula is C59H35N3O. The summed E-state index contributed by atoms with van der Waals surface area (Å²) in [5.74, 6) is 0.702. The van der Waals surface area contributed by atoms with Crippen molar-refractivity contribution >= 4 is 43.7 Å². The van der Waals surface area contributed by atoms with Crippen molar-refractivity contribution in [1.82, 2.24) is 14.5 Å². The van der Waals surface area contributed by atoms with E-state index in [2.05, 4.69) is 180 Å². The lowest BCUT2D eigenvalue weighted by Gasteiger charge is -2.39. The Morgan fingerprint density at radius 2 is 0.952 bits per heavy atom. The van der Waals surface area contributed by atoms with E-state index in [0.717, 1.165) is 61.1 Å². The number of hydrogen-bond donors (Lipinski definition) is 0. The second-order valence-corrected chi connectivity index (χ2v) is 16.8. The molecule has 1 aliphatic heterocycles. The Bertz CT molecular complexity index is 3800. The second-order valence-electron chi connectivity index (χ2n) is 16.8. The summed E-state index contributed by atoms with van der Waals surface area (Å²) in [7, 11) is 0. The number of aromatic nitrogens is 3. The van der Waals surface area contributed by atoms with E-state index in [0.29, 0.717) is 5.82 Å². The molecule has 4 heterocycles. The van der Waals surface area contributed by atoms with Crippen molar-refractivity contribution in [3.05, 3.63) is 235 Å². The van der Waals surface area contributed by atoms with Gasteiger partial charge in [0.25, 0.3) is 0 Å². The van der Waals surface area contributed by atoms with Crippen LogP contribution in [0.5, 0.6) is 0 Å². The van der Waals surface area contributed by atoms with Crippen molar-refractivity contribution in [2.24, 2.45) is 0 Å². The summed E-state index contributed by atoms with van der Waals surface area (Å²) in [6.07, 6.45) is 0. The number of para-hydroxylation sites is 4. The molecule has 9 aromatic carbocycles. The van der Waals surface area contributed by atoms with Crippen molar-refractivity contribution in [1.29, 1.82) is 0 Å². The first-order chi connectivity index (χ1) is 31.2. The third-order valence-electron chi connectivity index (χ3n) is 13.6. The van der Waals surface area contributed by atoms with Gasteiger partial charge in [0.1, 0.15) is 11.2 Å². The van der Waals surface area contributed by atoms with Gasteiger partial charge in [0.15, 0.2) is 5.82 Å². The molecule has 4 nitrogen and oxygen atoms in total. The zero-order chi connectivity index (χ0) is 41.2. The Kier molecular flexibility index (Phi) is 7.01. The van der Waals surface area contributed by atoms with Crippen LogP contribution in [0.15, 0.2) is 217 Å². The quantitative estimate of drug-likeness (QED) is 0.178. The van der Waals surface area contributed by atoms with E-state index in [9.17, 15) is 0 Å². The fourth-order valence-electron chi connectivity index (χ4n) is 10.9. The zero-order valence-corrected chi connectivity index (χ0v) is 34.0. The van der Waals surface area contributed by atoms with Gasteiger partial charge in [-0.25, -0.2) is 9.97 Å². The number of benzene rings is 9. The van der Waals surface area contributed by atoms with Crippen LogP contribution in [0.3, 0.4) is 0 Å². The van der Waals surface area contributed by atoms with Gasteiger partial charge < -0.3 is 8.98 Å². The minimum absolute atomic E-state index is 0.582. The number of hydrogen-bond acceptors (Lipinski definition) is 3. The SMILES string of the molecule is c1ccc(-c2cc(-c3ccc4c(c3)-c3cc(-c5ccc6c(c5)oc5ccccc56)ccc3C43c4ccccc4-n4c5ccccc5c5cccc3c54)nc(-c3ccccc3)n2)cc1. The third-order valence-corrected chi connectivity index (χ3v) is 13.6. The van der Waals surface area contributed by atoms with Crippen LogP contribution < -0.4 is 0 Å². The van der Waals surface area contributed by atoms with Crippen molar-refractivity contribution in [3.8, 4) is 61.8 Å². The predicted octanol–water partition coefficient (Wildman–Crippen LogP) is 14.8. The second kappa shape index (κ2) is 12.8. The van der Waals surface area contributed by atoms with Crippen LogP contribution in [-0.4, -0.2) is 14.5 Å². The molecule has 0 bridgehead atoms. The Morgan fingerprint density at radius 3 is 1.78 bits per heavy atom. The summed E-state index contributed by atoms with van der Waals surface area (Å²) in [5.41, 5.74) is 19.5. The van der Waals surface area contributed by atoms with E-state index in [1.54, 1.807) is 0 Å². The maximum Gasteiger partial charge on any atom is 0.160 e. The first-order valence-corrected chi connectivity index (χ1v) is 21.6. The maximum atomic E-state index is 6.42. The fraction of sp³-hybridized carbons (Fsp3) is 0.0169. The van der Waals surface area contributed by atoms with Gasteiger partial charge in [-0.1, -0.05) is 164 Å². The van der Waals surface area contributed by atoms with E-state index < -0.39 is 5.41 Å². The lowest BCUT2D eigenvalue weighted by Crippen LogP contribution is -2.33. The molecule has 0 fully saturated rings. The summed E-state index contributed by atoms with van der Waals surface area (Å²) < 4.78 is 8.92. The lowest BCUT2D eigenvalue weighted by molar-refractivity contribution is 0.669. The van der Waals surface area contributed by atoms with E-state index in [1.807, 2.05) is 36.4 Å². The fourth-order valence-corrected chi connectivity index (χ4v) is 10.9. The van der Waals surface area contributed by atoms with Crippen molar-refractivity contribution in [2.75, 3.05) is 0 Å². The van der Waals surface area contributed by atoms with E-state index in [-0.39, 0.29) is 0 Å². The first kappa shape index (κ1) is 34.4. The first-order valence-electron chi connectivity index (χ1n) is 21.6. The number of rotatable bonds is 4. The van der Waals surface area contributed by atoms with Gasteiger partial charge in [-0.15, -0.1) is 0 Å². The Labute approximate surface area is 363 Å². The Morgan fingerprint density at radius 1 is 0.365 bits per heavy atom. The number of nitrogens with zero attached hydrogens (tertiary/aromatic N) is 3. The summed E-state index contributed by atoms with van der Waals surface area (Å²) in [6, 6.07) is 76.7. The van der Waals surface area contributed by atoms with Gasteiger partial charge >= 0.3 is 0 Å². The molecule has 1 aliphatic carbocycles. The molecule has 0 saturated heterocycles. The molecule has 0 N–H and O–H groups in total. The molecule has 0 radical (unpaired) electrons. The van der Waals surface area contributed by atoms with Crippen LogP contribution in [0.4, 0.5) is 0 Å². The smallest absolute Gasteiger partial charge is 0.160 e. The molecule has 0 saturated carbocycles. The maximum absolute atomic E-state index is 6.42. The van der Waals surface area contributed by atoms with Gasteiger partial charge in [0.2, 0.25) is 0 Å². The van der Waals surface area contributed by atoms with Crippen LogP contribution in [0.2, 0.25) is 0 Å². The zero-order valence-electron chi connectivity index (χ0n) is 34.0. The van der Waals surface area contributed by atoms with Crippen LogP contribution in [0, 0.1) is 0 Å². The van der Waals surface area contributed by atoms with Gasteiger partial charge in [0.05, 0.1) is 33.5 Å². The monoisotopic (exact) mass is 801 g/mol. The van der Waals surface area contributed by atoms with Gasteiger partial charge in [-0.3, -0.25) is 0 Å². The van der Waals surface area contributed by atoms with E-state index in [4.69, 9.17) is 14.4 Å². The number of fused-ring (bicyclic) bond motifs is 15. The lowest BCUT2D eigenvalue weighted by atomic mass is 9.65. The van der Waals surface area contributed by atoms with Gasteiger partial charge in [0, 0.05) is 38.2 Å². The highest BCUT2D eigenvalue weighted by atomic mass is 16.3. The molecular weight excluding hydrogens is 767 g/mol. The van der Waals surface area contributed by atoms with Crippen LogP contribution in [-0.2, 0) is 5.41 Å². The van der Waals surface area contributed by atoms with E-state index >= 15 is 0 Å². The summed E-state index contributed by atoms with van der Waals surface area (Å²) >= 11 is 0. The normalized spacial score (nSPS) is 14.7. The molecule has 12 aromatic rings. The average Bonchev–Trinajstić information content (AvgIpc) is 4.00. The minimum atomic E-state index is -0.582. The van der Waals surface area contributed by atoms with Gasteiger partial charge in [-0.05, 0) is 93.0 Å². The Balaban J connectivity index is 1.05. The van der Waals surface area contributed by atoms with Crippen LogP contribution in [0.25, 0.3) is 106 Å². The average molecular weight is 802 g/mol. The number of furan rings is 1. The molecule has 2 aliphatic rings. The highest BCUT2D eigenvalue weighted by molar-refractivity contribution is 6.13. The molecule has 14 rings (SSSR count). The molecule has 0 amide bonds. The third kappa shape index (κ3) is 4.75. The molecule has 1 unspecified atom stereocenters. The standard InChI is InChI=1S/C59H35N3O/c1-3-14-36(15-4-1)51-35-52(61-58(60-51)37-16-5-2-6-17-37)40-28-31-48-46(33-40)45-32-38(39-26-29-43-42-19-8-12-25-55(42)63-56(43)34-39)27-30-47(45)59(48)49-21-9-11-24-54(49)62-53-23-10-7-18-41(53)44-20-13-22-50(59)57(44)62/h1-35H. The molecule has 292 valence electrons. The summed E-state index contributed by atoms with van der Waals surface area (Å²) in [6.45, 7) is 0. The van der Waals surface area contributed by atoms with Crippen LogP contribution >= 0.6 is 0 Å². The van der Waals surface area contributed by atoms with E-state index in [1.165, 1.54) is 60.9 Å². The topological polar surface area (TPSA) is 43.9 Å². The van der Waals surface area contributed by atoms with Crippen LogP contribution in [0.1, 0.15) is 22.3 Å². The van der Waals surface area contributed by atoms with Gasteiger partial charge in [-0.2, -0.15) is 0 Å².